The molecule has 2 aliphatic rings. The number of nitrogens with zero attached hydrogens (tertiary/aromatic N) is 4. The molecule has 0 spiro atoms. The molecule has 3 rings (SSSR count). The highest BCUT2D eigenvalue weighted by Gasteiger charge is 2.40. The largest absolute Gasteiger partial charge is 0.340 e. The minimum Gasteiger partial charge on any atom is -0.340 e. The quantitative estimate of drug-likeness (QED) is 0.843. The Morgan fingerprint density at radius 1 is 1.24 bits per heavy atom. The maximum Gasteiger partial charge on any atom is 0.245 e. The van der Waals surface area contributed by atoms with Crippen molar-refractivity contribution in [2.24, 2.45) is 12.5 Å². The second-order valence-corrected chi connectivity index (χ2v) is 8.65. The van der Waals surface area contributed by atoms with E-state index in [-0.39, 0.29) is 23.3 Å². The third-order valence-electron chi connectivity index (χ3n) is 5.26. The van der Waals surface area contributed by atoms with Crippen LogP contribution < -0.4 is 0 Å². The molecule has 0 bridgehead atoms. The number of carbonyl (C=O) groups is 2. The lowest BCUT2D eigenvalue weighted by Gasteiger charge is -2.30. The van der Waals surface area contributed by atoms with Gasteiger partial charge in [0.05, 0.1) is 0 Å². The van der Waals surface area contributed by atoms with Gasteiger partial charge in [0.15, 0.2) is 0 Å². The van der Waals surface area contributed by atoms with E-state index < -0.39 is 0 Å². The van der Waals surface area contributed by atoms with Crippen LogP contribution in [0, 0.1) is 5.41 Å². The standard InChI is InChI=1S/C19H30N4O2/c1-19(2,3)12-16(24)23-9-5-6-15(23)18(25)22-10-7-14(13-22)17-20-8-11-21(17)4/h8,11,14-15H,5-7,9-10,12-13H2,1-4H3. The molecule has 2 saturated heterocycles. The molecule has 3 heterocycles. The number of likely N-dealkylation sites (tertiary alicyclic amines) is 2. The van der Waals surface area contributed by atoms with Gasteiger partial charge in [-0.15, -0.1) is 0 Å². The van der Waals surface area contributed by atoms with Crippen LogP contribution in [0.2, 0.25) is 0 Å². The third-order valence-corrected chi connectivity index (χ3v) is 5.26. The summed E-state index contributed by atoms with van der Waals surface area (Å²) in [6, 6.07) is -0.269. The molecular formula is C19H30N4O2. The van der Waals surface area contributed by atoms with E-state index in [1.54, 1.807) is 0 Å². The molecule has 2 fully saturated rings. The van der Waals surface area contributed by atoms with Crippen LogP contribution in [0.4, 0.5) is 0 Å². The maximum absolute atomic E-state index is 13.0. The number of hydrogen-bond donors (Lipinski definition) is 0. The Morgan fingerprint density at radius 3 is 2.64 bits per heavy atom. The number of hydrogen-bond acceptors (Lipinski definition) is 3. The van der Waals surface area contributed by atoms with Crippen LogP contribution in [-0.4, -0.2) is 56.8 Å². The molecule has 2 atom stereocenters. The first-order chi connectivity index (χ1) is 11.8. The van der Waals surface area contributed by atoms with E-state index >= 15 is 0 Å². The zero-order valence-electron chi connectivity index (χ0n) is 15.9. The summed E-state index contributed by atoms with van der Waals surface area (Å²) < 4.78 is 2.04. The summed E-state index contributed by atoms with van der Waals surface area (Å²) in [5, 5.41) is 0. The molecule has 6 heteroatoms. The minimum atomic E-state index is -0.269. The predicted molar refractivity (Wildman–Crippen MR) is 96.0 cm³/mol. The summed E-state index contributed by atoms with van der Waals surface area (Å²) in [7, 11) is 2.00. The number of carbonyl (C=O) groups excluding carboxylic acids is 2. The second-order valence-electron chi connectivity index (χ2n) is 8.65. The van der Waals surface area contributed by atoms with Gasteiger partial charge in [0.25, 0.3) is 0 Å². The van der Waals surface area contributed by atoms with Crippen LogP contribution in [0.3, 0.4) is 0 Å². The van der Waals surface area contributed by atoms with Gasteiger partial charge in [-0.2, -0.15) is 0 Å². The monoisotopic (exact) mass is 346 g/mol. The zero-order valence-corrected chi connectivity index (χ0v) is 15.9. The van der Waals surface area contributed by atoms with Crippen LogP contribution in [0.15, 0.2) is 12.4 Å². The lowest BCUT2D eigenvalue weighted by atomic mass is 9.91. The summed E-state index contributed by atoms with van der Waals surface area (Å²) in [4.78, 5) is 33.9. The first kappa shape index (κ1) is 18.0. The second kappa shape index (κ2) is 6.81. The number of rotatable bonds is 3. The average Bonchev–Trinajstić information content (AvgIpc) is 3.24. The van der Waals surface area contributed by atoms with Gasteiger partial charge < -0.3 is 14.4 Å². The van der Waals surface area contributed by atoms with Crippen LogP contribution >= 0.6 is 0 Å². The first-order valence-corrected chi connectivity index (χ1v) is 9.32. The van der Waals surface area contributed by atoms with Crippen molar-refractivity contribution >= 4 is 11.8 Å². The van der Waals surface area contributed by atoms with Crippen molar-refractivity contribution in [3.8, 4) is 0 Å². The highest BCUT2D eigenvalue weighted by Crippen LogP contribution is 2.30. The number of amides is 2. The average molecular weight is 346 g/mol. The summed E-state index contributed by atoms with van der Waals surface area (Å²) in [6.45, 7) is 8.37. The van der Waals surface area contributed by atoms with Crippen LogP contribution in [0.5, 0.6) is 0 Å². The smallest absolute Gasteiger partial charge is 0.245 e. The molecular weight excluding hydrogens is 316 g/mol. The Kier molecular flexibility index (Phi) is 4.89. The van der Waals surface area contributed by atoms with Crippen LogP contribution in [-0.2, 0) is 16.6 Å². The lowest BCUT2D eigenvalue weighted by Crippen LogP contribution is -2.47. The number of aromatic nitrogens is 2. The van der Waals surface area contributed by atoms with E-state index in [1.807, 2.05) is 33.8 Å². The molecule has 0 aliphatic carbocycles. The summed E-state index contributed by atoms with van der Waals surface area (Å²) >= 11 is 0. The Bertz CT molecular complexity index is 646. The summed E-state index contributed by atoms with van der Waals surface area (Å²) in [5.41, 5.74) is -0.0514. The van der Waals surface area contributed by atoms with Gasteiger partial charge in [-0.1, -0.05) is 20.8 Å². The van der Waals surface area contributed by atoms with E-state index in [0.29, 0.717) is 25.4 Å². The summed E-state index contributed by atoms with van der Waals surface area (Å²) in [5.74, 6) is 1.58. The third kappa shape index (κ3) is 3.88. The molecule has 0 N–H and O–H groups in total. The zero-order chi connectivity index (χ0) is 18.2. The van der Waals surface area contributed by atoms with Gasteiger partial charge in [-0.05, 0) is 24.7 Å². The fourth-order valence-electron chi connectivity index (χ4n) is 4.03. The van der Waals surface area contributed by atoms with Crippen LogP contribution in [0.1, 0.15) is 58.2 Å². The molecule has 1 aromatic heterocycles. The summed E-state index contributed by atoms with van der Waals surface area (Å²) in [6.07, 6.45) is 6.90. The molecule has 0 aromatic carbocycles. The van der Waals surface area contributed by atoms with Crippen molar-refractivity contribution in [1.82, 2.24) is 19.4 Å². The lowest BCUT2D eigenvalue weighted by molar-refractivity contribution is -0.144. The SMILES string of the molecule is Cn1ccnc1C1CCN(C(=O)C2CCCN2C(=O)CC(C)(C)C)C1. The van der Waals surface area contributed by atoms with Gasteiger partial charge in [0.1, 0.15) is 11.9 Å². The van der Waals surface area contributed by atoms with E-state index in [0.717, 1.165) is 31.6 Å². The Morgan fingerprint density at radius 2 is 2.00 bits per heavy atom. The fourth-order valence-corrected chi connectivity index (χ4v) is 4.03. The Balaban J connectivity index is 1.64. The van der Waals surface area contributed by atoms with Gasteiger partial charge >= 0.3 is 0 Å². The molecule has 0 radical (unpaired) electrons. The maximum atomic E-state index is 13.0. The molecule has 2 amide bonds. The van der Waals surface area contributed by atoms with Gasteiger partial charge in [-0.3, -0.25) is 9.59 Å². The van der Waals surface area contributed by atoms with E-state index in [4.69, 9.17) is 0 Å². The highest BCUT2D eigenvalue weighted by molar-refractivity contribution is 5.88. The van der Waals surface area contributed by atoms with Crippen molar-refractivity contribution in [3.63, 3.8) is 0 Å². The van der Waals surface area contributed by atoms with Gasteiger partial charge in [-0.25, -0.2) is 4.98 Å². The fraction of sp³-hybridized carbons (Fsp3) is 0.737. The molecule has 25 heavy (non-hydrogen) atoms. The van der Waals surface area contributed by atoms with Crippen molar-refractivity contribution in [2.45, 2.75) is 58.4 Å². The van der Waals surface area contributed by atoms with Gasteiger partial charge in [0.2, 0.25) is 11.8 Å². The highest BCUT2D eigenvalue weighted by atomic mass is 16.2. The van der Waals surface area contributed by atoms with Crippen molar-refractivity contribution in [3.05, 3.63) is 18.2 Å². The molecule has 2 unspecified atom stereocenters. The predicted octanol–water partition coefficient (Wildman–Crippen LogP) is 2.16. The topological polar surface area (TPSA) is 58.4 Å². The van der Waals surface area contributed by atoms with Crippen molar-refractivity contribution < 1.29 is 9.59 Å². The Labute approximate surface area is 150 Å². The molecule has 2 aliphatic heterocycles. The number of imidazole rings is 1. The normalized spacial score (nSPS) is 24.2. The molecule has 6 nitrogen and oxygen atoms in total. The molecule has 138 valence electrons. The van der Waals surface area contributed by atoms with E-state index in [9.17, 15) is 9.59 Å². The van der Waals surface area contributed by atoms with E-state index in [1.165, 1.54) is 0 Å². The molecule has 0 saturated carbocycles. The number of aryl methyl sites for hydroxylation is 1. The molecule has 1 aromatic rings. The van der Waals surface area contributed by atoms with Crippen LogP contribution in [0.25, 0.3) is 0 Å². The van der Waals surface area contributed by atoms with Crippen molar-refractivity contribution in [1.29, 1.82) is 0 Å². The van der Waals surface area contributed by atoms with E-state index in [2.05, 4.69) is 25.8 Å². The Hall–Kier alpha value is -1.85. The van der Waals surface area contributed by atoms with Crippen molar-refractivity contribution in [2.75, 3.05) is 19.6 Å². The van der Waals surface area contributed by atoms with Gasteiger partial charge in [0, 0.05) is 51.4 Å². The minimum absolute atomic E-state index is 0.0514. The first-order valence-electron chi connectivity index (χ1n) is 9.32.